The minimum absolute atomic E-state index is 0.113. The third-order valence-corrected chi connectivity index (χ3v) is 9.57. The lowest BCUT2D eigenvalue weighted by molar-refractivity contribution is 0.189. The molecule has 0 heterocycles. The van der Waals surface area contributed by atoms with Crippen LogP contribution in [0.4, 0.5) is 0 Å². The number of benzene rings is 2. The number of hydrogen-bond acceptors (Lipinski definition) is 5. The second kappa shape index (κ2) is 12.0. The fraction of sp³-hybridized carbons (Fsp3) is 0.586. The average molecular weight is 501 g/mol. The Bertz CT molecular complexity index is 1010. The molecule has 2 atom stereocenters. The van der Waals surface area contributed by atoms with Gasteiger partial charge in [0.25, 0.3) is 0 Å². The molecule has 2 aliphatic carbocycles. The van der Waals surface area contributed by atoms with Gasteiger partial charge in [-0.15, -0.1) is 0 Å². The second-order valence-electron chi connectivity index (χ2n) is 10.4. The minimum atomic E-state index is -2.81. The summed E-state index contributed by atoms with van der Waals surface area (Å²) in [6.45, 7) is 4.46. The quantitative estimate of drug-likeness (QED) is 0.328. The highest BCUT2D eigenvalue weighted by molar-refractivity contribution is 7.58. The van der Waals surface area contributed by atoms with Gasteiger partial charge in [-0.3, -0.25) is 4.57 Å². The lowest BCUT2D eigenvalue weighted by atomic mass is 9.72. The third-order valence-electron chi connectivity index (χ3n) is 7.76. The molecule has 2 aliphatic rings. The van der Waals surface area contributed by atoms with Crippen molar-refractivity contribution in [2.45, 2.75) is 69.8 Å². The number of rotatable bonds is 11. The first-order valence-corrected chi connectivity index (χ1v) is 15.4. The summed E-state index contributed by atoms with van der Waals surface area (Å²) >= 11 is 0. The van der Waals surface area contributed by atoms with Crippen LogP contribution in [0.25, 0.3) is 0 Å². The Labute approximate surface area is 210 Å². The molecule has 2 saturated carbocycles. The minimum Gasteiger partial charge on any atom is -0.497 e. The molecule has 192 valence electrons. The lowest BCUT2D eigenvalue weighted by Crippen LogP contribution is -2.21. The van der Waals surface area contributed by atoms with Crippen molar-refractivity contribution in [3.63, 3.8) is 0 Å². The van der Waals surface area contributed by atoms with Gasteiger partial charge in [-0.25, -0.2) is 0 Å². The molecule has 35 heavy (non-hydrogen) atoms. The molecule has 0 aliphatic heterocycles. The summed E-state index contributed by atoms with van der Waals surface area (Å²) in [5.41, 5.74) is 3.78. The van der Waals surface area contributed by atoms with Gasteiger partial charge in [0.05, 0.1) is 32.6 Å². The van der Waals surface area contributed by atoms with Gasteiger partial charge in [-0.05, 0) is 104 Å². The molecule has 4 rings (SSSR count). The lowest BCUT2D eigenvalue weighted by Gasteiger charge is -2.34. The zero-order chi connectivity index (χ0) is 24.8. The van der Waals surface area contributed by atoms with Crippen LogP contribution in [0.3, 0.4) is 0 Å². The van der Waals surface area contributed by atoms with Crippen molar-refractivity contribution in [1.29, 1.82) is 0 Å². The molecule has 0 radical (unpaired) electrons. The molecule has 2 aromatic rings. The fourth-order valence-electron chi connectivity index (χ4n) is 5.54. The highest BCUT2D eigenvalue weighted by Crippen LogP contribution is 2.46. The van der Waals surface area contributed by atoms with Crippen LogP contribution in [0.15, 0.2) is 42.5 Å². The maximum absolute atomic E-state index is 12.4. The van der Waals surface area contributed by atoms with E-state index in [0.29, 0.717) is 25.0 Å². The van der Waals surface area contributed by atoms with Crippen LogP contribution in [-0.2, 0) is 9.09 Å². The van der Waals surface area contributed by atoms with E-state index in [1.807, 2.05) is 31.2 Å². The number of aliphatic hydroxyl groups is 1. The highest BCUT2D eigenvalue weighted by Gasteiger charge is 2.29. The molecular weight excluding hydrogens is 459 g/mol. The monoisotopic (exact) mass is 500 g/mol. The molecule has 0 saturated heterocycles. The van der Waals surface area contributed by atoms with Crippen LogP contribution >= 0.6 is 7.37 Å². The summed E-state index contributed by atoms with van der Waals surface area (Å²) in [5, 5.41) is 10.6. The van der Waals surface area contributed by atoms with Gasteiger partial charge in [0.1, 0.15) is 11.5 Å². The SMILES string of the molecule is CCOP(C)(=O)C[C@@H](O)c1cccc(OCC2CCC(c3cc(OC)ccc3C3CCC3)CC2)c1. The van der Waals surface area contributed by atoms with Gasteiger partial charge >= 0.3 is 0 Å². The topological polar surface area (TPSA) is 65.0 Å². The zero-order valence-electron chi connectivity index (χ0n) is 21.4. The average Bonchev–Trinajstić information content (AvgIpc) is 2.82. The Kier molecular flexibility index (Phi) is 8.97. The summed E-state index contributed by atoms with van der Waals surface area (Å²) in [7, 11) is -1.06. The van der Waals surface area contributed by atoms with Crippen molar-refractivity contribution in [2.24, 2.45) is 5.92 Å². The third kappa shape index (κ3) is 6.90. The molecule has 5 nitrogen and oxygen atoms in total. The fourth-order valence-corrected chi connectivity index (χ4v) is 7.03. The first-order valence-electron chi connectivity index (χ1n) is 13.2. The maximum atomic E-state index is 12.4. The predicted octanol–water partition coefficient (Wildman–Crippen LogP) is 7.29. The molecule has 1 N–H and O–H groups in total. The van der Waals surface area contributed by atoms with Gasteiger partial charge in [0.15, 0.2) is 0 Å². The summed E-state index contributed by atoms with van der Waals surface area (Å²) in [5.74, 6) is 3.59. The molecule has 1 unspecified atom stereocenters. The van der Waals surface area contributed by atoms with Gasteiger partial charge in [-0.1, -0.05) is 24.6 Å². The van der Waals surface area contributed by atoms with E-state index in [2.05, 4.69) is 18.2 Å². The summed E-state index contributed by atoms with van der Waals surface area (Å²) in [4.78, 5) is 0. The van der Waals surface area contributed by atoms with Crippen LogP contribution in [0, 0.1) is 5.92 Å². The van der Waals surface area contributed by atoms with E-state index in [9.17, 15) is 9.67 Å². The Morgan fingerprint density at radius 2 is 1.71 bits per heavy atom. The van der Waals surface area contributed by atoms with Crippen LogP contribution < -0.4 is 9.47 Å². The van der Waals surface area contributed by atoms with Crippen LogP contribution in [0.2, 0.25) is 0 Å². The van der Waals surface area contributed by atoms with Crippen LogP contribution in [0.1, 0.15) is 86.5 Å². The van der Waals surface area contributed by atoms with E-state index >= 15 is 0 Å². The number of methoxy groups -OCH3 is 1. The highest BCUT2D eigenvalue weighted by atomic mass is 31.2. The Morgan fingerprint density at radius 1 is 0.971 bits per heavy atom. The van der Waals surface area contributed by atoms with E-state index in [1.54, 1.807) is 19.3 Å². The molecule has 0 aromatic heterocycles. The summed E-state index contributed by atoms with van der Waals surface area (Å²) in [6, 6.07) is 14.2. The van der Waals surface area contributed by atoms with E-state index < -0.39 is 13.5 Å². The Hall–Kier alpha value is -1.81. The van der Waals surface area contributed by atoms with Gasteiger partial charge in [-0.2, -0.15) is 0 Å². The van der Waals surface area contributed by atoms with E-state index in [0.717, 1.165) is 35.8 Å². The largest absolute Gasteiger partial charge is 0.497 e. The van der Waals surface area contributed by atoms with Crippen molar-refractivity contribution >= 4 is 7.37 Å². The van der Waals surface area contributed by atoms with Crippen molar-refractivity contribution in [3.05, 3.63) is 59.2 Å². The van der Waals surface area contributed by atoms with E-state index in [-0.39, 0.29) is 6.16 Å². The first kappa shape index (κ1) is 26.3. The Balaban J connectivity index is 1.31. The molecule has 2 aromatic carbocycles. The standard InChI is InChI=1S/C29H41O5P/c1-4-34-35(3,31)20-29(30)24-9-6-10-26(17-24)33-19-21-11-13-23(14-12-21)28-18-25(32-2)15-16-27(28)22-7-5-8-22/h6,9-10,15-18,21-23,29-30H,4-5,7-8,11-14,19-20H2,1-3H3/t21?,23?,29-,35?/m1/s1. The molecule has 0 spiro atoms. The van der Waals surface area contributed by atoms with Crippen LogP contribution in [0.5, 0.6) is 11.5 Å². The summed E-state index contributed by atoms with van der Waals surface area (Å²) in [6.07, 6.45) is 7.94. The van der Waals surface area contributed by atoms with Gasteiger partial charge in [0.2, 0.25) is 7.37 Å². The van der Waals surface area contributed by atoms with Crippen molar-refractivity contribution < 1.29 is 23.7 Å². The second-order valence-corrected chi connectivity index (χ2v) is 13.0. The number of aliphatic hydroxyl groups excluding tert-OH is 1. The smallest absolute Gasteiger partial charge is 0.203 e. The number of ether oxygens (including phenoxy) is 2. The van der Waals surface area contributed by atoms with Crippen LogP contribution in [-0.4, -0.2) is 38.3 Å². The molecular formula is C29H41O5P. The molecule has 0 bridgehead atoms. The first-order chi connectivity index (χ1) is 16.9. The normalized spacial score (nSPS) is 23.2. The van der Waals surface area contributed by atoms with Gasteiger partial charge in [0, 0.05) is 6.66 Å². The van der Waals surface area contributed by atoms with Gasteiger partial charge < -0.3 is 19.1 Å². The van der Waals surface area contributed by atoms with Crippen molar-refractivity contribution in [1.82, 2.24) is 0 Å². The summed E-state index contributed by atoms with van der Waals surface area (Å²) < 4.78 is 29.5. The van der Waals surface area contributed by atoms with E-state index in [1.165, 1.54) is 37.7 Å². The Morgan fingerprint density at radius 3 is 2.37 bits per heavy atom. The van der Waals surface area contributed by atoms with Crippen molar-refractivity contribution in [2.75, 3.05) is 33.2 Å². The van der Waals surface area contributed by atoms with Crippen molar-refractivity contribution in [3.8, 4) is 11.5 Å². The van der Waals surface area contributed by atoms with E-state index in [4.69, 9.17) is 14.0 Å². The predicted molar refractivity (Wildman–Crippen MR) is 141 cm³/mol. The zero-order valence-corrected chi connectivity index (χ0v) is 22.3. The maximum Gasteiger partial charge on any atom is 0.203 e. The molecule has 0 amide bonds. The molecule has 6 heteroatoms. The number of hydrogen-bond donors (Lipinski definition) is 1. The molecule has 2 fully saturated rings.